The number of hydrogen-bond acceptors (Lipinski definition) is 4. The van der Waals surface area contributed by atoms with Gasteiger partial charge in [0.15, 0.2) is 0 Å². The topological polar surface area (TPSA) is 44.4 Å². The molecule has 32 heavy (non-hydrogen) atoms. The molecule has 164 valence electrons. The van der Waals surface area contributed by atoms with Crippen molar-refractivity contribution in [3.8, 4) is 22.5 Å². The number of hydrogen-bond donors (Lipinski definition) is 1. The molecule has 1 saturated heterocycles. The molecule has 0 radical (unpaired) electrons. The van der Waals surface area contributed by atoms with E-state index < -0.39 is 0 Å². The van der Waals surface area contributed by atoms with E-state index in [1.54, 1.807) is 7.11 Å². The standard InChI is InChI=1S/C27H30N4O/c1-32-18-17-30-13-15-31(16-14-30)20-21-5-4-6-24(19-21)22-9-11-23(12-10-22)27-28-25-7-2-3-8-26(25)29-27/h2-12,19H,13-18,20H2,1H3,(H,28,29). The van der Waals surface area contributed by atoms with Crippen molar-refractivity contribution in [2.24, 2.45) is 0 Å². The minimum Gasteiger partial charge on any atom is -0.383 e. The lowest BCUT2D eigenvalue weighted by molar-refractivity contribution is 0.0938. The van der Waals surface area contributed by atoms with E-state index in [1.807, 2.05) is 18.2 Å². The predicted molar refractivity (Wildman–Crippen MR) is 131 cm³/mol. The molecule has 0 spiro atoms. The highest BCUT2D eigenvalue weighted by Gasteiger charge is 2.16. The van der Waals surface area contributed by atoms with Crippen molar-refractivity contribution in [1.82, 2.24) is 19.8 Å². The zero-order valence-electron chi connectivity index (χ0n) is 18.6. The molecule has 1 aliphatic rings. The summed E-state index contributed by atoms with van der Waals surface area (Å²) < 4.78 is 5.21. The second-order valence-corrected chi connectivity index (χ2v) is 8.49. The molecule has 5 heteroatoms. The Morgan fingerprint density at radius 1 is 0.812 bits per heavy atom. The number of aromatic amines is 1. The van der Waals surface area contributed by atoms with Gasteiger partial charge in [0.25, 0.3) is 0 Å². The molecule has 5 rings (SSSR count). The number of rotatable bonds is 7. The molecule has 1 aliphatic heterocycles. The lowest BCUT2D eigenvalue weighted by atomic mass is 10.0. The number of aromatic nitrogens is 2. The Labute approximate surface area is 189 Å². The molecule has 1 aromatic heterocycles. The Bertz CT molecular complexity index is 1130. The van der Waals surface area contributed by atoms with Gasteiger partial charge in [-0.15, -0.1) is 0 Å². The number of para-hydroxylation sites is 2. The fourth-order valence-electron chi connectivity index (χ4n) is 4.41. The molecule has 1 N–H and O–H groups in total. The lowest BCUT2D eigenvalue weighted by Gasteiger charge is -2.34. The summed E-state index contributed by atoms with van der Waals surface area (Å²) in [7, 11) is 1.77. The fraction of sp³-hybridized carbons (Fsp3) is 0.296. The number of imidazole rings is 1. The van der Waals surface area contributed by atoms with Gasteiger partial charge in [-0.05, 0) is 34.9 Å². The van der Waals surface area contributed by atoms with E-state index in [-0.39, 0.29) is 0 Å². The summed E-state index contributed by atoms with van der Waals surface area (Å²) in [5.41, 5.74) is 7.03. The minimum absolute atomic E-state index is 0.817. The Hall–Kier alpha value is -2.99. The summed E-state index contributed by atoms with van der Waals surface area (Å²) in [5, 5.41) is 0. The first-order valence-electron chi connectivity index (χ1n) is 11.4. The number of H-pyrrole nitrogens is 1. The Kier molecular flexibility index (Phi) is 6.30. The van der Waals surface area contributed by atoms with E-state index in [2.05, 4.69) is 69.4 Å². The van der Waals surface area contributed by atoms with Crippen LogP contribution in [0.2, 0.25) is 0 Å². The molecule has 2 heterocycles. The van der Waals surface area contributed by atoms with E-state index >= 15 is 0 Å². The van der Waals surface area contributed by atoms with Crippen LogP contribution in [0.25, 0.3) is 33.5 Å². The second kappa shape index (κ2) is 9.65. The minimum atomic E-state index is 0.817. The molecule has 3 aromatic carbocycles. The molecule has 4 aromatic rings. The highest BCUT2D eigenvalue weighted by atomic mass is 16.5. The SMILES string of the molecule is COCCN1CCN(Cc2cccc(-c3ccc(-c4nc5ccccc5[nH]4)cc3)c2)CC1. The summed E-state index contributed by atoms with van der Waals surface area (Å²) in [4.78, 5) is 13.2. The van der Waals surface area contributed by atoms with Gasteiger partial charge < -0.3 is 9.72 Å². The van der Waals surface area contributed by atoms with Crippen molar-refractivity contribution in [2.75, 3.05) is 46.4 Å². The molecule has 0 bridgehead atoms. The molecule has 0 amide bonds. The maximum atomic E-state index is 5.21. The number of ether oxygens (including phenoxy) is 1. The first-order valence-corrected chi connectivity index (χ1v) is 11.4. The quantitative estimate of drug-likeness (QED) is 0.467. The van der Waals surface area contributed by atoms with Crippen molar-refractivity contribution >= 4 is 11.0 Å². The van der Waals surface area contributed by atoms with Gasteiger partial charge in [0.05, 0.1) is 17.6 Å². The van der Waals surface area contributed by atoms with E-state index in [0.717, 1.165) is 68.3 Å². The molecular weight excluding hydrogens is 396 g/mol. The van der Waals surface area contributed by atoms with Gasteiger partial charge in [-0.2, -0.15) is 0 Å². The number of piperazine rings is 1. The van der Waals surface area contributed by atoms with Crippen molar-refractivity contribution in [1.29, 1.82) is 0 Å². The molecule has 0 saturated carbocycles. The third-order valence-corrected chi connectivity index (χ3v) is 6.29. The Morgan fingerprint density at radius 2 is 1.56 bits per heavy atom. The predicted octanol–water partition coefficient (Wildman–Crippen LogP) is 4.66. The van der Waals surface area contributed by atoms with Crippen LogP contribution in [0.5, 0.6) is 0 Å². The summed E-state index contributed by atoms with van der Waals surface area (Å²) in [5.74, 6) is 0.913. The molecule has 0 unspecified atom stereocenters. The van der Waals surface area contributed by atoms with Gasteiger partial charge in [0, 0.05) is 51.9 Å². The Morgan fingerprint density at radius 3 is 2.34 bits per heavy atom. The molecule has 1 fully saturated rings. The maximum absolute atomic E-state index is 5.21. The van der Waals surface area contributed by atoms with Crippen molar-refractivity contribution < 1.29 is 4.74 Å². The van der Waals surface area contributed by atoms with Crippen molar-refractivity contribution in [2.45, 2.75) is 6.54 Å². The second-order valence-electron chi connectivity index (χ2n) is 8.49. The number of nitrogens with one attached hydrogen (secondary N) is 1. The highest BCUT2D eigenvalue weighted by molar-refractivity contribution is 5.79. The maximum Gasteiger partial charge on any atom is 0.138 e. The van der Waals surface area contributed by atoms with E-state index in [9.17, 15) is 0 Å². The number of benzene rings is 3. The van der Waals surface area contributed by atoms with Crippen LogP contribution in [-0.2, 0) is 11.3 Å². The van der Waals surface area contributed by atoms with Gasteiger partial charge in [-0.3, -0.25) is 9.80 Å². The zero-order valence-corrected chi connectivity index (χ0v) is 18.6. The van der Waals surface area contributed by atoms with Crippen LogP contribution in [0.4, 0.5) is 0 Å². The average molecular weight is 427 g/mol. The van der Waals surface area contributed by atoms with Crippen LogP contribution in [-0.4, -0.2) is 66.2 Å². The molecule has 5 nitrogen and oxygen atoms in total. The van der Waals surface area contributed by atoms with E-state index in [1.165, 1.54) is 16.7 Å². The number of nitrogens with zero attached hydrogens (tertiary/aromatic N) is 3. The van der Waals surface area contributed by atoms with Crippen LogP contribution >= 0.6 is 0 Å². The van der Waals surface area contributed by atoms with Gasteiger partial charge in [0.1, 0.15) is 5.82 Å². The third kappa shape index (κ3) is 4.75. The van der Waals surface area contributed by atoms with Gasteiger partial charge in [-0.25, -0.2) is 4.98 Å². The van der Waals surface area contributed by atoms with Crippen LogP contribution in [0.15, 0.2) is 72.8 Å². The van der Waals surface area contributed by atoms with Crippen LogP contribution in [0, 0.1) is 0 Å². The normalized spacial score (nSPS) is 15.4. The number of methoxy groups -OCH3 is 1. The van der Waals surface area contributed by atoms with Gasteiger partial charge >= 0.3 is 0 Å². The monoisotopic (exact) mass is 426 g/mol. The van der Waals surface area contributed by atoms with Crippen molar-refractivity contribution in [3.05, 3.63) is 78.4 Å². The summed E-state index contributed by atoms with van der Waals surface area (Å²) in [6.45, 7) is 7.31. The first kappa shape index (κ1) is 20.9. The largest absolute Gasteiger partial charge is 0.383 e. The van der Waals surface area contributed by atoms with Gasteiger partial charge in [-0.1, -0.05) is 54.6 Å². The van der Waals surface area contributed by atoms with E-state index in [4.69, 9.17) is 9.72 Å². The van der Waals surface area contributed by atoms with Crippen LogP contribution < -0.4 is 0 Å². The smallest absolute Gasteiger partial charge is 0.138 e. The summed E-state index contributed by atoms with van der Waals surface area (Å²) in [6, 6.07) is 25.8. The highest BCUT2D eigenvalue weighted by Crippen LogP contribution is 2.26. The zero-order chi connectivity index (χ0) is 21.8. The summed E-state index contributed by atoms with van der Waals surface area (Å²) >= 11 is 0. The molecule has 0 atom stereocenters. The molecule has 0 aliphatic carbocycles. The fourth-order valence-corrected chi connectivity index (χ4v) is 4.41. The summed E-state index contributed by atoms with van der Waals surface area (Å²) in [6.07, 6.45) is 0. The molecular formula is C27H30N4O. The van der Waals surface area contributed by atoms with Crippen LogP contribution in [0.1, 0.15) is 5.56 Å². The van der Waals surface area contributed by atoms with Crippen molar-refractivity contribution in [3.63, 3.8) is 0 Å². The Balaban J connectivity index is 1.25. The van der Waals surface area contributed by atoms with Gasteiger partial charge in [0.2, 0.25) is 0 Å². The van der Waals surface area contributed by atoms with Crippen LogP contribution in [0.3, 0.4) is 0 Å². The average Bonchev–Trinajstić information content (AvgIpc) is 3.28. The van der Waals surface area contributed by atoms with E-state index in [0.29, 0.717) is 0 Å². The third-order valence-electron chi connectivity index (χ3n) is 6.29. The first-order chi connectivity index (χ1) is 15.8. The number of fused-ring (bicyclic) bond motifs is 1. The lowest BCUT2D eigenvalue weighted by Crippen LogP contribution is -2.46.